The number of rotatable bonds is 2. The van der Waals surface area contributed by atoms with Crippen molar-refractivity contribution in [3.05, 3.63) is 66.2 Å². The molecule has 0 atom stereocenters. The lowest BCUT2D eigenvalue weighted by molar-refractivity contribution is -0.128. The summed E-state index contributed by atoms with van der Waals surface area (Å²) in [6.45, 7) is 4.07. The summed E-state index contributed by atoms with van der Waals surface area (Å²) in [7, 11) is 0. The van der Waals surface area contributed by atoms with Gasteiger partial charge in [-0.15, -0.1) is 0 Å². The maximum atomic E-state index is 13.4. The lowest BCUT2D eigenvalue weighted by Crippen LogP contribution is -2.36. The second-order valence-corrected chi connectivity index (χ2v) is 7.09. The minimum atomic E-state index is 0.00110. The summed E-state index contributed by atoms with van der Waals surface area (Å²) in [4.78, 5) is 33.5. The Morgan fingerprint density at radius 2 is 1.54 bits per heavy atom. The van der Waals surface area contributed by atoms with Crippen LogP contribution in [0.1, 0.15) is 23.7 Å². The second kappa shape index (κ2) is 7.80. The van der Waals surface area contributed by atoms with Crippen LogP contribution in [0.4, 0.5) is 0 Å². The zero-order valence-electron chi connectivity index (χ0n) is 16.0. The van der Waals surface area contributed by atoms with Gasteiger partial charge in [-0.1, -0.05) is 48.5 Å². The molecule has 0 bridgehead atoms. The largest absolute Gasteiger partial charge is 0.341 e. The van der Waals surface area contributed by atoms with Gasteiger partial charge in [0.15, 0.2) is 0 Å². The third-order valence-electron chi connectivity index (χ3n) is 5.24. The quantitative estimate of drug-likeness (QED) is 0.690. The first-order valence-electron chi connectivity index (χ1n) is 9.63. The van der Waals surface area contributed by atoms with E-state index in [0.717, 1.165) is 28.6 Å². The van der Waals surface area contributed by atoms with Gasteiger partial charge in [0.05, 0.1) is 16.8 Å². The Bertz CT molecular complexity index is 1020. The van der Waals surface area contributed by atoms with Gasteiger partial charge in [0.1, 0.15) is 0 Å². The van der Waals surface area contributed by atoms with Gasteiger partial charge in [-0.2, -0.15) is 0 Å². The summed E-state index contributed by atoms with van der Waals surface area (Å²) in [6, 6.07) is 19.6. The maximum Gasteiger partial charge on any atom is 0.254 e. The molecule has 0 spiro atoms. The Morgan fingerprint density at radius 3 is 2.32 bits per heavy atom. The van der Waals surface area contributed by atoms with Crippen molar-refractivity contribution in [1.29, 1.82) is 0 Å². The Balaban J connectivity index is 1.73. The van der Waals surface area contributed by atoms with Crippen LogP contribution in [0.2, 0.25) is 0 Å². The molecule has 3 aromatic rings. The number of benzene rings is 2. The number of carbonyl (C=O) groups is 2. The van der Waals surface area contributed by atoms with Crippen LogP contribution in [0.3, 0.4) is 0 Å². The zero-order valence-corrected chi connectivity index (χ0v) is 16.0. The summed E-state index contributed by atoms with van der Waals surface area (Å²) in [5.74, 6) is 0.0659. The van der Waals surface area contributed by atoms with Gasteiger partial charge < -0.3 is 9.80 Å². The van der Waals surface area contributed by atoms with Gasteiger partial charge in [-0.3, -0.25) is 9.59 Å². The minimum absolute atomic E-state index is 0.00110. The van der Waals surface area contributed by atoms with Gasteiger partial charge in [-0.25, -0.2) is 4.98 Å². The van der Waals surface area contributed by atoms with E-state index in [1.54, 1.807) is 6.92 Å². The number of para-hydroxylation sites is 1. The number of aromatic nitrogens is 1. The van der Waals surface area contributed by atoms with Crippen molar-refractivity contribution < 1.29 is 9.59 Å². The zero-order chi connectivity index (χ0) is 19.5. The van der Waals surface area contributed by atoms with E-state index in [2.05, 4.69) is 0 Å². The Hall–Kier alpha value is -3.21. The number of pyridine rings is 1. The van der Waals surface area contributed by atoms with E-state index in [-0.39, 0.29) is 11.8 Å². The Morgan fingerprint density at radius 1 is 0.857 bits per heavy atom. The highest BCUT2D eigenvalue weighted by atomic mass is 16.2. The molecule has 0 N–H and O–H groups in total. The van der Waals surface area contributed by atoms with Crippen molar-refractivity contribution in [2.24, 2.45) is 0 Å². The average Bonchev–Trinajstić information content (AvgIpc) is 2.99. The summed E-state index contributed by atoms with van der Waals surface area (Å²) >= 11 is 0. The van der Waals surface area contributed by atoms with Crippen LogP contribution in [-0.2, 0) is 4.79 Å². The Labute approximate surface area is 164 Å². The number of hydrogen-bond donors (Lipinski definition) is 0. The van der Waals surface area contributed by atoms with E-state index in [4.69, 9.17) is 4.98 Å². The standard InChI is InChI=1S/C23H23N3O2/c1-17(27)25-12-7-13-26(15-14-25)23(28)20-16-22(18-8-3-2-4-9-18)24-21-11-6-5-10-19(20)21/h2-6,8-11,16H,7,12-15H2,1H3. The molecule has 1 aliphatic rings. The van der Waals surface area contributed by atoms with Gasteiger partial charge in [0, 0.05) is 44.1 Å². The van der Waals surface area contributed by atoms with Crippen LogP contribution in [0.25, 0.3) is 22.2 Å². The molecule has 0 aliphatic carbocycles. The van der Waals surface area contributed by atoms with Crippen LogP contribution in [0.15, 0.2) is 60.7 Å². The van der Waals surface area contributed by atoms with Crippen LogP contribution < -0.4 is 0 Å². The van der Waals surface area contributed by atoms with E-state index < -0.39 is 0 Å². The van der Waals surface area contributed by atoms with E-state index in [0.29, 0.717) is 31.7 Å². The molecule has 2 heterocycles. The number of fused-ring (bicyclic) bond motifs is 1. The van der Waals surface area contributed by atoms with Crippen LogP contribution in [0.5, 0.6) is 0 Å². The smallest absolute Gasteiger partial charge is 0.254 e. The number of nitrogens with zero attached hydrogens (tertiary/aromatic N) is 3. The second-order valence-electron chi connectivity index (χ2n) is 7.09. The summed E-state index contributed by atoms with van der Waals surface area (Å²) in [5, 5.41) is 0.861. The molecular weight excluding hydrogens is 350 g/mol. The first-order valence-corrected chi connectivity index (χ1v) is 9.63. The van der Waals surface area contributed by atoms with Crippen LogP contribution in [0, 0.1) is 0 Å². The maximum absolute atomic E-state index is 13.4. The van der Waals surface area contributed by atoms with E-state index in [1.807, 2.05) is 70.5 Å². The normalized spacial score (nSPS) is 14.8. The van der Waals surface area contributed by atoms with E-state index in [1.165, 1.54) is 0 Å². The number of carbonyl (C=O) groups excluding carboxylic acids is 2. The molecule has 0 radical (unpaired) electrons. The number of hydrogen-bond acceptors (Lipinski definition) is 3. The summed E-state index contributed by atoms with van der Waals surface area (Å²) < 4.78 is 0. The SMILES string of the molecule is CC(=O)N1CCCN(C(=O)c2cc(-c3ccccc3)nc3ccccc23)CC1. The molecule has 1 saturated heterocycles. The van der Waals surface area contributed by atoms with Crippen molar-refractivity contribution in [1.82, 2.24) is 14.8 Å². The molecule has 4 rings (SSSR count). The monoisotopic (exact) mass is 373 g/mol. The first-order chi connectivity index (χ1) is 13.6. The molecule has 2 amide bonds. The predicted octanol–water partition coefficient (Wildman–Crippen LogP) is 3.60. The van der Waals surface area contributed by atoms with E-state index >= 15 is 0 Å². The first kappa shape index (κ1) is 18.2. The molecule has 1 fully saturated rings. The van der Waals surface area contributed by atoms with Crippen molar-refractivity contribution in [3.63, 3.8) is 0 Å². The topological polar surface area (TPSA) is 53.5 Å². The molecule has 1 aromatic heterocycles. The highest BCUT2D eigenvalue weighted by Crippen LogP contribution is 2.26. The average molecular weight is 373 g/mol. The fourth-order valence-corrected chi connectivity index (χ4v) is 3.71. The van der Waals surface area contributed by atoms with Crippen molar-refractivity contribution >= 4 is 22.7 Å². The molecule has 5 heteroatoms. The fraction of sp³-hybridized carbons (Fsp3) is 0.261. The van der Waals surface area contributed by atoms with Crippen LogP contribution >= 0.6 is 0 Å². The lowest BCUT2D eigenvalue weighted by Gasteiger charge is -2.22. The van der Waals surface area contributed by atoms with Crippen molar-refractivity contribution in [2.75, 3.05) is 26.2 Å². The molecule has 28 heavy (non-hydrogen) atoms. The fourth-order valence-electron chi connectivity index (χ4n) is 3.71. The molecule has 0 unspecified atom stereocenters. The minimum Gasteiger partial charge on any atom is -0.341 e. The third kappa shape index (κ3) is 3.60. The molecular formula is C23H23N3O2. The molecule has 142 valence electrons. The highest BCUT2D eigenvalue weighted by Gasteiger charge is 2.23. The predicted molar refractivity (Wildman–Crippen MR) is 110 cm³/mol. The van der Waals surface area contributed by atoms with Crippen molar-refractivity contribution in [3.8, 4) is 11.3 Å². The van der Waals surface area contributed by atoms with Gasteiger partial charge in [0.2, 0.25) is 5.91 Å². The lowest BCUT2D eigenvalue weighted by atomic mass is 10.0. The van der Waals surface area contributed by atoms with Gasteiger partial charge in [-0.05, 0) is 18.6 Å². The molecule has 2 aromatic carbocycles. The third-order valence-corrected chi connectivity index (χ3v) is 5.24. The van der Waals surface area contributed by atoms with Crippen LogP contribution in [-0.4, -0.2) is 52.8 Å². The van der Waals surface area contributed by atoms with Crippen molar-refractivity contribution in [2.45, 2.75) is 13.3 Å². The molecule has 0 saturated carbocycles. The summed E-state index contributed by atoms with van der Waals surface area (Å²) in [5.41, 5.74) is 3.26. The highest BCUT2D eigenvalue weighted by molar-refractivity contribution is 6.07. The van der Waals surface area contributed by atoms with Gasteiger partial charge in [0.25, 0.3) is 5.91 Å². The Kier molecular flexibility index (Phi) is 5.06. The summed E-state index contributed by atoms with van der Waals surface area (Å²) in [6.07, 6.45) is 0.792. The molecule has 1 aliphatic heterocycles. The number of amides is 2. The van der Waals surface area contributed by atoms with Gasteiger partial charge >= 0.3 is 0 Å². The van der Waals surface area contributed by atoms with E-state index in [9.17, 15) is 9.59 Å². The molecule has 5 nitrogen and oxygen atoms in total.